The molecule has 0 fully saturated rings. The molecule has 0 aliphatic rings. The standard InChI is InChI=1S/C15H24N2O2/c1-4-11(5-2)14(18)9-17-15(19)12-6-10(3)7-13(16)8-12/h6-8,11,14,18H,4-5,9,16H2,1-3H3,(H,17,19). The van der Waals surface area contributed by atoms with Crippen LogP contribution in [0.4, 0.5) is 5.69 Å². The summed E-state index contributed by atoms with van der Waals surface area (Å²) >= 11 is 0. The van der Waals surface area contributed by atoms with Gasteiger partial charge in [-0.1, -0.05) is 26.7 Å². The molecule has 0 saturated heterocycles. The minimum Gasteiger partial charge on any atom is -0.399 e. The molecule has 0 bridgehead atoms. The molecule has 0 spiro atoms. The highest BCUT2D eigenvalue weighted by molar-refractivity contribution is 5.95. The minimum absolute atomic E-state index is 0.194. The molecule has 0 aliphatic carbocycles. The fourth-order valence-electron chi connectivity index (χ4n) is 2.24. The molecule has 1 aromatic rings. The Morgan fingerprint density at radius 3 is 2.47 bits per heavy atom. The maximum Gasteiger partial charge on any atom is 0.251 e. The molecule has 1 atom stereocenters. The number of benzene rings is 1. The highest BCUT2D eigenvalue weighted by atomic mass is 16.3. The van der Waals surface area contributed by atoms with Crippen molar-refractivity contribution in [2.45, 2.75) is 39.7 Å². The first-order chi connectivity index (χ1) is 8.97. The van der Waals surface area contributed by atoms with E-state index in [0.29, 0.717) is 11.3 Å². The van der Waals surface area contributed by atoms with Crippen LogP contribution in [0, 0.1) is 12.8 Å². The number of aliphatic hydroxyl groups excluding tert-OH is 1. The van der Waals surface area contributed by atoms with E-state index in [1.54, 1.807) is 12.1 Å². The van der Waals surface area contributed by atoms with Crippen LogP contribution in [0.2, 0.25) is 0 Å². The van der Waals surface area contributed by atoms with Crippen molar-refractivity contribution >= 4 is 11.6 Å². The fraction of sp³-hybridized carbons (Fsp3) is 0.533. The van der Waals surface area contributed by atoms with Crippen LogP contribution < -0.4 is 11.1 Å². The fourth-order valence-corrected chi connectivity index (χ4v) is 2.24. The van der Waals surface area contributed by atoms with E-state index < -0.39 is 6.10 Å². The summed E-state index contributed by atoms with van der Waals surface area (Å²) in [7, 11) is 0. The zero-order valence-corrected chi connectivity index (χ0v) is 11.9. The first kappa shape index (κ1) is 15.5. The number of nitrogen functional groups attached to an aromatic ring is 1. The summed E-state index contributed by atoms with van der Waals surface area (Å²) in [5.74, 6) is 0.0308. The van der Waals surface area contributed by atoms with Gasteiger partial charge in [-0.15, -0.1) is 0 Å². The summed E-state index contributed by atoms with van der Waals surface area (Å²) in [6.45, 7) is 6.26. The van der Waals surface area contributed by atoms with E-state index in [2.05, 4.69) is 5.32 Å². The molecule has 1 unspecified atom stereocenters. The lowest BCUT2D eigenvalue weighted by atomic mass is 9.96. The average Bonchev–Trinajstić information content (AvgIpc) is 2.36. The number of hydrogen-bond acceptors (Lipinski definition) is 3. The summed E-state index contributed by atoms with van der Waals surface area (Å²) < 4.78 is 0. The van der Waals surface area contributed by atoms with Gasteiger partial charge in [0.15, 0.2) is 0 Å². The van der Waals surface area contributed by atoms with Crippen molar-refractivity contribution in [3.05, 3.63) is 29.3 Å². The second-order valence-electron chi connectivity index (χ2n) is 4.99. The van der Waals surface area contributed by atoms with Gasteiger partial charge in [0.2, 0.25) is 0 Å². The summed E-state index contributed by atoms with van der Waals surface area (Å²) in [4.78, 5) is 12.0. The smallest absolute Gasteiger partial charge is 0.251 e. The van der Waals surface area contributed by atoms with E-state index in [9.17, 15) is 9.90 Å². The monoisotopic (exact) mass is 264 g/mol. The molecule has 4 N–H and O–H groups in total. The zero-order chi connectivity index (χ0) is 14.4. The van der Waals surface area contributed by atoms with Crippen molar-refractivity contribution in [1.82, 2.24) is 5.32 Å². The molecule has 0 saturated carbocycles. The third-order valence-electron chi connectivity index (χ3n) is 3.43. The van der Waals surface area contributed by atoms with Crippen LogP contribution in [0.5, 0.6) is 0 Å². The minimum atomic E-state index is -0.499. The number of amides is 1. The van der Waals surface area contributed by atoms with Gasteiger partial charge in [-0.05, 0) is 36.6 Å². The third-order valence-corrected chi connectivity index (χ3v) is 3.43. The lowest BCUT2D eigenvalue weighted by molar-refractivity contribution is 0.0816. The number of aryl methyl sites for hydroxylation is 1. The Kier molecular flexibility index (Phi) is 5.83. The Morgan fingerprint density at radius 1 is 1.32 bits per heavy atom. The number of anilines is 1. The van der Waals surface area contributed by atoms with Gasteiger partial charge in [0.05, 0.1) is 6.10 Å². The number of aliphatic hydroxyl groups is 1. The summed E-state index contributed by atoms with van der Waals surface area (Å²) in [5, 5.41) is 12.7. The molecule has 1 rings (SSSR count). The lowest BCUT2D eigenvalue weighted by Crippen LogP contribution is -2.36. The average molecular weight is 264 g/mol. The van der Waals surface area contributed by atoms with Crippen molar-refractivity contribution in [2.24, 2.45) is 5.92 Å². The highest BCUT2D eigenvalue weighted by Crippen LogP contribution is 2.13. The van der Waals surface area contributed by atoms with Crippen LogP contribution in [0.25, 0.3) is 0 Å². The van der Waals surface area contributed by atoms with Crippen LogP contribution in [0.1, 0.15) is 42.6 Å². The molecule has 1 amide bonds. The van der Waals surface area contributed by atoms with Gasteiger partial charge < -0.3 is 16.2 Å². The number of hydrogen-bond donors (Lipinski definition) is 3. The Labute approximate surface area is 115 Å². The van der Waals surface area contributed by atoms with Crippen LogP contribution >= 0.6 is 0 Å². The van der Waals surface area contributed by atoms with E-state index in [-0.39, 0.29) is 18.4 Å². The molecule has 4 heteroatoms. The largest absolute Gasteiger partial charge is 0.399 e. The van der Waals surface area contributed by atoms with Gasteiger partial charge in [-0.3, -0.25) is 4.79 Å². The molecule has 0 aromatic heterocycles. The van der Waals surface area contributed by atoms with E-state index in [0.717, 1.165) is 18.4 Å². The Morgan fingerprint density at radius 2 is 1.95 bits per heavy atom. The van der Waals surface area contributed by atoms with Gasteiger partial charge in [0.25, 0.3) is 5.91 Å². The van der Waals surface area contributed by atoms with Crippen molar-refractivity contribution in [2.75, 3.05) is 12.3 Å². The van der Waals surface area contributed by atoms with Gasteiger partial charge in [0.1, 0.15) is 0 Å². The quantitative estimate of drug-likeness (QED) is 0.689. The summed E-state index contributed by atoms with van der Waals surface area (Å²) in [5.41, 5.74) is 7.78. The van der Waals surface area contributed by atoms with Gasteiger partial charge in [-0.2, -0.15) is 0 Å². The molecule has 0 heterocycles. The third kappa shape index (κ3) is 4.56. The number of carbonyl (C=O) groups is 1. The molecule has 19 heavy (non-hydrogen) atoms. The first-order valence-corrected chi connectivity index (χ1v) is 6.81. The van der Waals surface area contributed by atoms with E-state index >= 15 is 0 Å². The molecule has 0 radical (unpaired) electrons. The number of nitrogens with one attached hydrogen (secondary N) is 1. The van der Waals surface area contributed by atoms with Crippen molar-refractivity contribution in [3.63, 3.8) is 0 Å². The highest BCUT2D eigenvalue weighted by Gasteiger charge is 2.16. The van der Waals surface area contributed by atoms with E-state index in [1.807, 2.05) is 26.8 Å². The van der Waals surface area contributed by atoms with Crippen molar-refractivity contribution < 1.29 is 9.90 Å². The predicted octanol–water partition coefficient (Wildman–Crippen LogP) is 2.10. The summed E-state index contributed by atoms with van der Waals surface area (Å²) in [6.07, 6.45) is 1.32. The maximum absolute atomic E-state index is 12.0. The van der Waals surface area contributed by atoms with Gasteiger partial charge >= 0.3 is 0 Å². The van der Waals surface area contributed by atoms with Crippen LogP contribution in [0.3, 0.4) is 0 Å². The Balaban J connectivity index is 2.60. The van der Waals surface area contributed by atoms with Crippen molar-refractivity contribution in [1.29, 1.82) is 0 Å². The maximum atomic E-state index is 12.0. The number of nitrogens with two attached hydrogens (primary N) is 1. The molecule has 1 aromatic carbocycles. The Bertz CT molecular complexity index is 408. The second kappa shape index (κ2) is 7.14. The molecule has 4 nitrogen and oxygen atoms in total. The van der Waals surface area contributed by atoms with Crippen LogP contribution in [0.15, 0.2) is 18.2 Å². The molecular weight excluding hydrogens is 240 g/mol. The van der Waals surface area contributed by atoms with Crippen LogP contribution in [-0.4, -0.2) is 23.7 Å². The van der Waals surface area contributed by atoms with Crippen molar-refractivity contribution in [3.8, 4) is 0 Å². The predicted molar refractivity (Wildman–Crippen MR) is 78.0 cm³/mol. The topological polar surface area (TPSA) is 75.3 Å². The zero-order valence-electron chi connectivity index (χ0n) is 11.9. The second-order valence-corrected chi connectivity index (χ2v) is 4.99. The number of carbonyl (C=O) groups excluding carboxylic acids is 1. The summed E-state index contributed by atoms with van der Waals surface area (Å²) in [6, 6.07) is 5.25. The SMILES string of the molecule is CCC(CC)C(O)CNC(=O)c1cc(C)cc(N)c1. The van der Waals surface area contributed by atoms with E-state index in [1.165, 1.54) is 0 Å². The van der Waals surface area contributed by atoms with Crippen LogP contribution in [-0.2, 0) is 0 Å². The molecule has 106 valence electrons. The number of rotatable bonds is 6. The molecular formula is C15H24N2O2. The van der Waals surface area contributed by atoms with E-state index in [4.69, 9.17) is 5.73 Å². The normalized spacial score (nSPS) is 12.5. The lowest BCUT2D eigenvalue weighted by Gasteiger charge is -2.20. The molecule has 0 aliphatic heterocycles. The first-order valence-electron chi connectivity index (χ1n) is 6.81. The Hall–Kier alpha value is -1.55. The van der Waals surface area contributed by atoms with Gasteiger partial charge in [0, 0.05) is 17.8 Å². The van der Waals surface area contributed by atoms with Gasteiger partial charge in [-0.25, -0.2) is 0 Å².